The molecule has 1 unspecified atom stereocenters. The summed E-state index contributed by atoms with van der Waals surface area (Å²) in [4.78, 5) is 31.2. The fraction of sp³-hybridized carbons (Fsp3) is 0.500. The molecule has 31 heavy (non-hydrogen) atoms. The van der Waals surface area contributed by atoms with E-state index in [9.17, 15) is 9.59 Å². The Bertz CT molecular complexity index is 941. The summed E-state index contributed by atoms with van der Waals surface area (Å²) in [6, 6.07) is 7.24. The van der Waals surface area contributed by atoms with Crippen molar-refractivity contribution in [3.05, 3.63) is 55.7 Å². The van der Waals surface area contributed by atoms with Crippen LogP contribution >= 0.6 is 34.5 Å². The van der Waals surface area contributed by atoms with Gasteiger partial charge in [-0.3, -0.25) is 9.59 Å². The number of fused-ring (bicyclic) bond motifs is 1. The molecular weight excluding hydrogens is 451 g/mol. The molecule has 7 heteroatoms. The maximum absolute atomic E-state index is 13.5. The molecule has 1 aromatic carbocycles. The van der Waals surface area contributed by atoms with Crippen molar-refractivity contribution in [1.82, 2.24) is 9.80 Å². The van der Waals surface area contributed by atoms with Crippen LogP contribution in [0.15, 0.2) is 29.6 Å². The molecule has 2 heterocycles. The van der Waals surface area contributed by atoms with Crippen LogP contribution in [0.1, 0.15) is 56.2 Å². The summed E-state index contributed by atoms with van der Waals surface area (Å²) in [7, 11) is 0. The Morgan fingerprint density at radius 2 is 1.87 bits per heavy atom. The number of carbonyl (C=O) groups excluding carboxylic acids is 2. The maximum atomic E-state index is 13.5. The van der Waals surface area contributed by atoms with Crippen molar-refractivity contribution in [3.8, 4) is 0 Å². The zero-order valence-corrected chi connectivity index (χ0v) is 20.9. The lowest BCUT2D eigenvalue weighted by molar-refractivity contribution is -0.142. The molecular formula is C24H30Cl2N2O2S. The highest BCUT2D eigenvalue weighted by atomic mass is 35.5. The smallest absolute Gasteiger partial charge is 0.242 e. The van der Waals surface area contributed by atoms with E-state index < -0.39 is 0 Å². The Morgan fingerprint density at radius 1 is 1.13 bits per heavy atom. The Kier molecular flexibility index (Phi) is 8.06. The first-order valence-electron chi connectivity index (χ1n) is 10.8. The fourth-order valence-electron chi connectivity index (χ4n) is 4.07. The first-order valence-corrected chi connectivity index (χ1v) is 12.4. The van der Waals surface area contributed by atoms with Crippen LogP contribution in [0.3, 0.4) is 0 Å². The molecule has 0 aliphatic carbocycles. The van der Waals surface area contributed by atoms with E-state index >= 15 is 0 Å². The quantitative estimate of drug-likeness (QED) is 0.482. The van der Waals surface area contributed by atoms with Gasteiger partial charge in [0.25, 0.3) is 0 Å². The molecule has 4 nitrogen and oxygen atoms in total. The van der Waals surface area contributed by atoms with Crippen LogP contribution in [0.25, 0.3) is 0 Å². The van der Waals surface area contributed by atoms with Gasteiger partial charge < -0.3 is 9.80 Å². The zero-order chi connectivity index (χ0) is 22.7. The molecule has 1 atom stereocenters. The highest BCUT2D eigenvalue weighted by Crippen LogP contribution is 2.41. The van der Waals surface area contributed by atoms with Crippen molar-refractivity contribution in [3.63, 3.8) is 0 Å². The topological polar surface area (TPSA) is 40.6 Å². The lowest BCUT2D eigenvalue weighted by Gasteiger charge is -2.38. The Labute approximate surface area is 199 Å². The van der Waals surface area contributed by atoms with Crippen LogP contribution in [0.2, 0.25) is 10.0 Å². The highest BCUT2D eigenvalue weighted by molar-refractivity contribution is 7.10. The van der Waals surface area contributed by atoms with Crippen molar-refractivity contribution in [2.24, 2.45) is 11.8 Å². The number of benzene rings is 1. The van der Waals surface area contributed by atoms with Crippen LogP contribution in [0.4, 0.5) is 0 Å². The van der Waals surface area contributed by atoms with E-state index in [0.29, 0.717) is 29.6 Å². The predicted octanol–water partition coefficient (Wildman–Crippen LogP) is 6.06. The van der Waals surface area contributed by atoms with Gasteiger partial charge in [-0.2, -0.15) is 0 Å². The number of carbonyl (C=O) groups is 2. The number of amides is 2. The molecule has 2 aromatic rings. The molecule has 0 N–H and O–H groups in total. The summed E-state index contributed by atoms with van der Waals surface area (Å²) in [6.45, 7) is 9.43. The molecule has 1 aliphatic heterocycles. The number of thiophene rings is 1. The van der Waals surface area contributed by atoms with Crippen molar-refractivity contribution in [2.45, 2.75) is 46.6 Å². The van der Waals surface area contributed by atoms with E-state index in [1.165, 1.54) is 4.88 Å². The first kappa shape index (κ1) is 24.1. The fourth-order valence-corrected chi connectivity index (χ4v) is 5.49. The lowest BCUT2D eigenvalue weighted by Crippen LogP contribution is -2.47. The van der Waals surface area contributed by atoms with Gasteiger partial charge in [0.05, 0.1) is 12.6 Å². The summed E-state index contributed by atoms with van der Waals surface area (Å²) in [5.74, 6) is 0.522. The minimum absolute atomic E-state index is 0.0337. The minimum Gasteiger partial charge on any atom is -0.333 e. The Morgan fingerprint density at radius 3 is 2.52 bits per heavy atom. The van der Waals surface area contributed by atoms with Gasteiger partial charge >= 0.3 is 0 Å². The van der Waals surface area contributed by atoms with E-state index in [1.807, 2.05) is 30.9 Å². The van der Waals surface area contributed by atoms with Crippen LogP contribution in [-0.2, 0) is 16.0 Å². The van der Waals surface area contributed by atoms with Crippen molar-refractivity contribution in [2.75, 3.05) is 19.6 Å². The number of hydrogen-bond donors (Lipinski definition) is 0. The second-order valence-corrected chi connectivity index (χ2v) is 10.8. The van der Waals surface area contributed by atoms with E-state index in [0.717, 1.165) is 17.5 Å². The maximum Gasteiger partial charge on any atom is 0.242 e. The predicted molar refractivity (Wildman–Crippen MR) is 129 cm³/mol. The molecule has 0 saturated carbocycles. The normalized spacial score (nSPS) is 16.0. The van der Waals surface area contributed by atoms with Gasteiger partial charge in [0, 0.05) is 34.4 Å². The third-order valence-electron chi connectivity index (χ3n) is 5.39. The minimum atomic E-state index is -0.270. The molecule has 0 fully saturated rings. The average molecular weight is 481 g/mol. The summed E-state index contributed by atoms with van der Waals surface area (Å²) in [5.41, 5.74) is 1.97. The summed E-state index contributed by atoms with van der Waals surface area (Å²) >= 11 is 14.4. The third kappa shape index (κ3) is 5.82. The molecule has 168 valence electrons. The van der Waals surface area contributed by atoms with Gasteiger partial charge in [-0.15, -0.1) is 11.3 Å². The van der Waals surface area contributed by atoms with Crippen LogP contribution in [0.5, 0.6) is 0 Å². The van der Waals surface area contributed by atoms with Gasteiger partial charge in [0.2, 0.25) is 11.8 Å². The van der Waals surface area contributed by atoms with Crippen LogP contribution in [-0.4, -0.2) is 41.2 Å². The van der Waals surface area contributed by atoms with Gasteiger partial charge in [-0.1, -0.05) is 57.0 Å². The summed E-state index contributed by atoms with van der Waals surface area (Å²) < 4.78 is 0. The van der Waals surface area contributed by atoms with Crippen molar-refractivity contribution < 1.29 is 9.59 Å². The van der Waals surface area contributed by atoms with Gasteiger partial charge in [-0.05, 0) is 53.0 Å². The first-order chi connectivity index (χ1) is 14.7. The molecule has 0 spiro atoms. The van der Waals surface area contributed by atoms with E-state index in [-0.39, 0.29) is 36.2 Å². The molecule has 1 aromatic heterocycles. The Balaban J connectivity index is 1.91. The standard InChI is InChI=1S/C24H30Cl2N2O2S/c1-15(2)11-22(29)27(13-16(3)4)14-23(30)28-9-7-21-19(8-10-31-21)24(28)18-6-5-17(25)12-20(18)26/h5-6,8,10,12,15-16,24H,7,9,11,13-14H2,1-4H3. The average Bonchev–Trinajstić information content (AvgIpc) is 3.15. The zero-order valence-electron chi connectivity index (χ0n) is 18.5. The molecule has 0 saturated heterocycles. The number of halogens is 2. The van der Waals surface area contributed by atoms with Crippen molar-refractivity contribution >= 4 is 46.4 Å². The number of hydrogen-bond acceptors (Lipinski definition) is 3. The molecule has 0 radical (unpaired) electrons. The number of nitrogens with zero attached hydrogens (tertiary/aromatic N) is 2. The molecule has 1 aliphatic rings. The molecule has 2 amide bonds. The largest absolute Gasteiger partial charge is 0.333 e. The summed E-state index contributed by atoms with van der Waals surface area (Å²) in [6.07, 6.45) is 1.26. The van der Waals surface area contributed by atoms with Gasteiger partial charge in [-0.25, -0.2) is 0 Å². The van der Waals surface area contributed by atoms with E-state index in [2.05, 4.69) is 25.3 Å². The van der Waals surface area contributed by atoms with Crippen LogP contribution in [0, 0.1) is 11.8 Å². The third-order valence-corrected chi connectivity index (χ3v) is 6.95. The van der Waals surface area contributed by atoms with Gasteiger partial charge in [0.1, 0.15) is 0 Å². The molecule has 3 rings (SSSR count). The monoisotopic (exact) mass is 480 g/mol. The van der Waals surface area contributed by atoms with E-state index in [1.54, 1.807) is 22.3 Å². The SMILES string of the molecule is CC(C)CC(=O)N(CC(=O)N1CCc2sccc2C1c1ccc(Cl)cc1Cl)CC(C)C. The second kappa shape index (κ2) is 10.4. The van der Waals surface area contributed by atoms with Gasteiger partial charge in [0.15, 0.2) is 0 Å². The summed E-state index contributed by atoms with van der Waals surface area (Å²) in [5, 5.41) is 3.17. The van der Waals surface area contributed by atoms with Crippen LogP contribution < -0.4 is 0 Å². The lowest BCUT2D eigenvalue weighted by atomic mass is 9.93. The van der Waals surface area contributed by atoms with Crippen molar-refractivity contribution in [1.29, 1.82) is 0 Å². The molecule has 0 bridgehead atoms. The Hall–Kier alpha value is -1.56. The second-order valence-electron chi connectivity index (χ2n) is 8.97. The number of rotatable bonds is 7. The van der Waals surface area contributed by atoms with E-state index in [4.69, 9.17) is 23.2 Å². The highest BCUT2D eigenvalue weighted by Gasteiger charge is 2.35.